The molecule has 0 saturated carbocycles. The zero-order valence-electron chi connectivity index (χ0n) is 21.8. The average Bonchev–Trinajstić information content (AvgIpc) is 3.46. The van der Waals surface area contributed by atoms with Gasteiger partial charge in [-0.05, 0) is 84.9 Å². The lowest BCUT2D eigenvalue weighted by molar-refractivity contribution is -0.111. The number of rotatable bonds is 7. The third-order valence-corrected chi connectivity index (χ3v) is 6.85. The fraction of sp³-hybridized carbons (Fsp3) is 0.161. The number of halogens is 2. The molecule has 0 spiro atoms. The minimum Gasteiger partial charge on any atom is -0.496 e. The molecule has 204 valence electrons. The van der Waals surface area contributed by atoms with E-state index in [-0.39, 0.29) is 17.6 Å². The molecular weight excluding hydrogens is 533 g/mol. The van der Waals surface area contributed by atoms with E-state index in [9.17, 15) is 14.0 Å². The molecule has 40 heavy (non-hydrogen) atoms. The van der Waals surface area contributed by atoms with Gasteiger partial charge in [0.25, 0.3) is 5.91 Å². The van der Waals surface area contributed by atoms with E-state index >= 15 is 0 Å². The van der Waals surface area contributed by atoms with Gasteiger partial charge in [0.15, 0.2) is 0 Å². The molecule has 0 aliphatic carbocycles. The van der Waals surface area contributed by atoms with E-state index in [1.165, 1.54) is 25.3 Å². The number of carbonyl (C=O) groups excluding carboxylic acids is 2. The van der Waals surface area contributed by atoms with E-state index < -0.39 is 0 Å². The second kappa shape index (κ2) is 12.1. The highest BCUT2D eigenvalue weighted by Gasteiger charge is 2.24. The summed E-state index contributed by atoms with van der Waals surface area (Å²) in [6.07, 6.45) is 2.98. The van der Waals surface area contributed by atoms with Crippen LogP contribution in [0.4, 0.5) is 15.8 Å². The highest BCUT2D eigenvalue weighted by molar-refractivity contribution is 6.31. The number of ether oxygens (including phenoxy) is 1. The SMILES string of the molecule is COc1ccc(Cl)cc1C(=O)N1CCN(c2ccc(NC(=O)/C=C/c3ccc(-c4ccc(F)cc4)o3)cc2)CC1. The van der Waals surface area contributed by atoms with Gasteiger partial charge in [0.2, 0.25) is 5.91 Å². The molecule has 0 radical (unpaired) electrons. The summed E-state index contributed by atoms with van der Waals surface area (Å²) in [4.78, 5) is 29.5. The van der Waals surface area contributed by atoms with Crippen LogP contribution < -0.4 is 15.0 Å². The Balaban J connectivity index is 1.13. The number of furan rings is 1. The second-order valence-corrected chi connectivity index (χ2v) is 9.64. The molecule has 1 aliphatic rings. The summed E-state index contributed by atoms with van der Waals surface area (Å²) in [6.45, 7) is 2.47. The smallest absolute Gasteiger partial charge is 0.257 e. The molecule has 2 amide bonds. The van der Waals surface area contributed by atoms with E-state index in [2.05, 4.69) is 10.2 Å². The molecule has 1 saturated heterocycles. The van der Waals surface area contributed by atoms with Crippen molar-refractivity contribution in [3.63, 3.8) is 0 Å². The van der Waals surface area contributed by atoms with Crippen molar-refractivity contribution in [2.45, 2.75) is 0 Å². The fourth-order valence-corrected chi connectivity index (χ4v) is 4.67. The largest absolute Gasteiger partial charge is 0.496 e. The highest BCUT2D eigenvalue weighted by Crippen LogP contribution is 2.26. The molecule has 0 atom stereocenters. The zero-order valence-corrected chi connectivity index (χ0v) is 22.5. The number of hydrogen-bond donors (Lipinski definition) is 1. The lowest BCUT2D eigenvalue weighted by atomic mass is 10.1. The molecular formula is C31H27ClFN3O4. The van der Waals surface area contributed by atoms with Crippen LogP contribution >= 0.6 is 11.6 Å². The van der Waals surface area contributed by atoms with Gasteiger partial charge in [-0.15, -0.1) is 0 Å². The second-order valence-electron chi connectivity index (χ2n) is 9.20. The predicted octanol–water partition coefficient (Wildman–Crippen LogP) is 6.36. The summed E-state index contributed by atoms with van der Waals surface area (Å²) >= 11 is 6.10. The first-order chi connectivity index (χ1) is 19.4. The van der Waals surface area contributed by atoms with Crippen molar-refractivity contribution in [2.75, 3.05) is 43.5 Å². The average molecular weight is 560 g/mol. The van der Waals surface area contributed by atoms with Crippen LogP contribution in [-0.2, 0) is 4.79 Å². The molecule has 0 bridgehead atoms. The molecule has 7 nitrogen and oxygen atoms in total. The molecule has 2 heterocycles. The van der Waals surface area contributed by atoms with Gasteiger partial charge in [-0.1, -0.05) is 11.6 Å². The quantitative estimate of drug-likeness (QED) is 0.267. The standard InChI is InChI=1S/C31H27ClFN3O4/c1-39-29-13-4-22(32)20-27(29)31(38)36-18-16-35(17-19-36)25-9-7-24(8-10-25)34-30(37)15-12-26-11-14-28(40-26)21-2-5-23(33)6-3-21/h2-15,20H,16-19H2,1H3,(H,34,37)/b15-12+. The Morgan fingerprint density at radius 1 is 0.950 bits per heavy atom. The van der Waals surface area contributed by atoms with Crippen LogP contribution in [0.3, 0.4) is 0 Å². The van der Waals surface area contributed by atoms with Gasteiger partial charge < -0.3 is 24.3 Å². The summed E-state index contributed by atoms with van der Waals surface area (Å²) in [5, 5.41) is 3.33. The van der Waals surface area contributed by atoms with E-state index in [0.717, 1.165) is 11.3 Å². The van der Waals surface area contributed by atoms with Gasteiger partial charge in [0.05, 0.1) is 12.7 Å². The van der Waals surface area contributed by atoms with E-state index in [4.69, 9.17) is 20.8 Å². The molecule has 4 aromatic rings. The van der Waals surface area contributed by atoms with Crippen molar-refractivity contribution in [1.82, 2.24) is 4.90 Å². The molecule has 9 heteroatoms. The lowest BCUT2D eigenvalue weighted by Crippen LogP contribution is -2.48. The number of hydrogen-bond acceptors (Lipinski definition) is 5. The van der Waals surface area contributed by atoms with Crippen LogP contribution in [0.5, 0.6) is 5.75 Å². The first kappa shape index (κ1) is 27.0. The summed E-state index contributed by atoms with van der Waals surface area (Å²) < 4.78 is 24.2. The minimum absolute atomic E-state index is 0.105. The Kier molecular flexibility index (Phi) is 8.17. The first-order valence-corrected chi connectivity index (χ1v) is 13.1. The van der Waals surface area contributed by atoms with Crippen molar-refractivity contribution in [3.05, 3.63) is 107 Å². The topological polar surface area (TPSA) is 75.0 Å². The van der Waals surface area contributed by atoms with Gasteiger partial charge in [0.1, 0.15) is 23.1 Å². The summed E-state index contributed by atoms with van der Waals surface area (Å²) in [5.41, 5.74) is 2.87. The van der Waals surface area contributed by atoms with E-state index in [1.54, 1.807) is 53.4 Å². The zero-order chi connectivity index (χ0) is 28.1. The Morgan fingerprint density at radius 3 is 2.38 bits per heavy atom. The van der Waals surface area contributed by atoms with Crippen LogP contribution in [0, 0.1) is 5.82 Å². The summed E-state index contributed by atoms with van der Waals surface area (Å²) in [5.74, 6) is 0.886. The lowest BCUT2D eigenvalue weighted by Gasteiger charge is -2.36. The molecule has 0 unspecified atom stereocenters. The van der Waals surface area contributed by atoms with Crippen molar-refractivity contribution in [3.8, 4) is 17.1 Å². The molecule has 1 fully saturated rings. The third-order valence-electron chi connectivity index (χ3n) is 6.61. The van der Waals surface area contributed by atoms with Crippen LogP contribution in [0.15, 0.2) is 89.4 Å². The Bertz CT molecular complexity index is 1530. The van der Waals surface area contributed by atoms with Crippen molar-refractivity contribution in [2.24, 2.45) is 0 Å². The van der Waals surface area contributed by atoms with Gasteiger partial charge in [-0.2, -0.15) is 0 Å². The number of amides is 2. The Hall–Kier alpha value is -4.56. The van der Waals surface area contributed by atoms with Crippen molar-refractivity contribution >= 4 is 40.9 Å². The van der Waals surface area contributed by atoms with Crippen LogP contribution in [0.2, 0.25) is 5.02 Å². The maximum Gasteiger partial charge on any atom is 0.257 e. The monoisotopic (exact) mass is 559 g/mol. The van der Waals surface area contributed by atoms with Crippen LogP contribution in [0.25, 0.3) is 17.4 Å². The van der Waals surface area contributed by atoms with E-state index in [1.807, 2.05) is 24.3 Å². The van der Waals surface area contributed by atoms with Crippen LogP contribution in [0.1, 0.15) is 16.1 Å². The molecule has 5 rings (SSSR count). The maximum absolute atomic E-state index is 13.1. The van der Waals surface area contributed by atoms with Gasteiger partial charge in [0, 0.05) is 54.2 Å². The molecule has 1 N–H and O–H groups in total. The molecule has 1 aromatic heterocycles. The first-order valence-electron chi connectivity index (χ1n) is 12.7. The van der Waals surface area contributed by atoms with E-state index in [0.29, 0.717) is 59.7 Å². The van der Waals surface area contributed by atoms with Crippen LogP contribution in [-0.4, -0.2) is 50.0 Å². The van der Waals surface area contributed by atoms with Gasteiger partial charge >= 0.3 is 0 Å². The van der Waals surface area contributed by atoms with Crippen molar-refractivity contribution < 1.29 is 23.1 Å². The number of methoxy groups -OCH3 is 1. The number of benzene rings is 3. The third kappa shape index (κ3) is 6.35. The summed E-state index contributed by atoms with van der Waals surface area (Å²) in [7, 11) is 1.53. The predicted molar refractivity (Wildman–Crippen MR) is 154 cm³/mol. The number of anilines is 2. The van der Waals surface area contributed by atoms with Gasteiger partial charge in [-0.25, -0.2) is 4.39 Å². The fourth-order valence-electron chi connectivity index (χ4n) is 4.49. The number of piperazine rings is 1. The number of nitrogens with zero attached hydrogens (tertiary/aromatic N) is 2. The Morgan fingerprint density at radius 2 is 1.68 bits per heavy atom. The number of carbonyl (C=O) groups is 2. The number of nitrogens with one attached hydrogen (secondary N) is 1. The Labute approximate surface area is 236 Å². The van der Waals surface area contributed by atoms with Gasteiger partial charge in [-0.3, -0.25) is 9.59 Å². The molecule has 3 aromatic carbocycles. The summed E-state index contributed by atoms with van der Waals surface area (Å²) in [6, 6.07) is 22.1. The minimum atomic E-state index is -0.314. The maximum atomic E-state index is 13.1. The normalized spacial score (nSPS) is 13.5. The highest BCUT2D eigenvalue weighted by atomic mass is 35.5. The molecule has 1 aliphatic heterocycles. The van der Waals surface area contributed by atoms with Crippen molar-refractivity contribution in [1.29, 1.82) is 0 Å².